The van der Waals surface area contributed by atoms with E-state index in [-0.39, 0.29) is 0 Å². The number of likely N-dealkylation sites (tertiary alicyclic amines) is 2. The van der Waals surface area contributed by atoms with Crippen molar-refractivity contribution in [2.24, 2.45) is 5.92 Å². The smallest absolute Gasteiger partial charge is 0.314 e. The minimum Gasteiger partial charge on any atom is -0.334 e. The van der Waals surface area contributed by atoms with E-state index in [1.54, 1.807) is 17.3 Å². The molecule has 2 atom stereocenters. The van der Waals surface area contributed by atoms with Gasteiger partial charge in [0, 0.05) is 42.8 Å². The van der Waals surface area contributed by atoms with Gasteiger partial charge in [-0.05, 0) is 44.8 Å². The van der Waals surface area contributed by atoms with Gasteiger partial charge in [-0.3, -0.25) is 24.4 Å². The Labute approximate surface area is 209 Å². The molecule has 2 saturated heterocycles. The molecule has 0 saturated carbocycles. The maximum atomic E-state index is 12.2. The Kier molecular flexibility index (Phi) is 6.95. The number of anilines is 1. The molecule has 2 unspecified atom stereocenters. The van der Waals surface area contributed by atoms with E-state index in [1.807, 2.05) is 6.07 Å². The van der Waals surface area contributed by atoms with Crippen LogP contribution in [0.3, 0.4) is 0 Å². The van der Waals surface area contributed by atoms with Crippen molar-refractivity contribution in [2.45, 2.75) is 32.2 Å². The summed E-state index contributed by atoms with van der Waals surface area (Å²) in [4.78, 5) is 32.3. The fourth-order valence-corrected chi connectivity index (χ4v) is 4.95. The summed E-state index contributed by atoms with van der Waals surface area (Å²) in [5.74, 6) is -0.681. The number of likely N-dealkylation sites (N-methyl/N-ethyl adjacent to an activating group) is 1. The van der Waals surface area contributed by atoms with Crippen molar-refractivity contribution < 1.29 is 9.59 Å². The van der Waals surface area contributed by atoms with Crippen LogP contribution in [0.5, 0.6) is 0 Å². The molecule has 0 bridgehead atoms. The lowest BCUT2D eigenvalue weighted by Gasteiger charge is -2.30. The molecule has 6 rings (SSSR count). The Morgan fingerprint density at radius 2 is 1.92 bits per heavy atom. The Bertz CT molecular complexity index is 1330. The van der Waals surface area contributed by atoms with Gasteiger partial charge in [0.25, 0.3) is 0 Å². The molecule has 5 heterocycles. The van der Waals surface area contributed by atoms with Crippen molar-refractivity contribution >= 4 is 39.3 Å². The van der Waals surface area contributed by atoms with Crippen LogP contribution in [0, 0.1) is 5.92 Å². The summed E-state index contributed by atoms with van der Waals surface area (Å²) in [5, 5.41) is 16.0. The van der Waals surface area contributed by atoms with Gasteiger partial charge in [0.15, 0.2) is 0 Å². The van der Waals surface area contributed by atoms with E-state index in [0.29, 0.717) is 36.3 Å². The first kappa shape index (κ1) is 23.9. The molecular weight excluding hydrogens is 456 g/mol. The van der Waals surface area contributed by atoms with Crippen molar-refractivity contribution in [3.8, 4) is 0 Å². The van der Waals surface area contributed by atoms with Crippen LogP contribution in [0.15, 0.2) is 49.1 Å². The summed E-state index contributed by atoms with van der Waals surface area (Å²) in [7, 11) is 2.17. The van der Waals surface area contributed by atoms with Crippen LogP contribution in [0.2, 0.25) is 0 Å². The molecule has 10 heteroatoms. The Hall–Kier alpha value is -3.79. The Balaban J connectivity index is 0.000000156. The van der Waals surface area contributed by atoms with Crippen molar-refractivity contribution in [1.29, 1.82) is 0 Å². The third kappa shape index (κ3) is 5.23. The highest BCUT2D eigenvalue weighted by Gasteiger charge is 2.26. The topological polar surface area (TPSA) is 112 Å². The fraction of sp³-hybridized carbons (Fsp3) is 0.423. The predicted octanol–water partition coefficient (Wildman–Crippen LogP) is 3.07. The predicted molar refractivity (Wildman–Crippen MR) is 138 cm³/mol. The maximum Gasteiger partial charge on any atom is 0.314 e. The molecule has 36 heavy (non-hydrogen) atoms. The van der Waals surface area contributed by atoms with Gasteiger partial charge in [0.2, 0.25) is 0 Å². The normalized spacial score (nSPS) is 20.3. The Morgan fingerprint density at radius 1 is 1.06 bits per heavy atom. The van der Waals surface area contributed by atoms with Gasteiger partial charge in [0.1, 0.15) is 0 Å². The molecule has 1 aromatic carbocycles. The summed E-state index contributed by atoms with van der Waals surface area (Å²) >= 11 is 0. The lowest BCUT2D eigenvalue weighted by Crippen LogP contribution is -2.44. The van der Waals surface area contributed by atoms with E-state index >= 15 is 0 Å². The van der Waals surface area contributed by atoms with Crippen molar-refractivity contribution in [2.75, 3.05) is 38.5 Å². The van der Waals surface area contributed by atoms with Crippen LogP contribution < -0.4 is 5.32 Å². The van der Waals surface area contributed by atoms with Gasteiger partial charge in [-0.1, -0.05) is 25.1 Å². The number of hydrogen-bond acceptors (Lipinski definition) is 6. The fourth-order valence-electron chi connectivity index (χ4n) is 4.95. The highest BCUT2D eigenvalue weighted by Crippen LogP contribution is 2.22. The van der Waals surface area contributed by atoms with Crippen LogP contribution in [0.4, 0.5) is 5.69 Å². The second-order valence-corrected chi connectivity index (χ2v) is 9.85. The summed E-state index contributed by atoms with van der Waals surface area (Å²) in [5.41, 5.74) is 2.23. The molecule has 0 spiro atoms. The molecule has 2 amide bonds. The quantitative estimate of drug-likeness (QED) is 0.420. The van der Waals surface area contributed by atoms with Gasteiger partial charge >= 0.3 is 11.8 Å². The summed E-state index contributed by atoms with van der Waals surface area (Å²) in [6.07, 6.45) is 10.2. The number of piperidine rings is 1. The molecule has 2 aliphatic heterocycles. The largest absolute Gasteiger partial charge is 0.334 e. The van der Waals surface area contributed by atoms with Crippen LogP contribution in [-0.4, -0.2) is 79.8 Å². The van der Waals surface area contributed by atoms with Crippen LogP contribution in [0.1, 0.15) is 32.2 Å². The minimum atomic E-state index is -0.631. The number of hydrogen-bond donors (Lipinski definition) is 2. The number of rotatable bonds is 2. The molecule has 0 radical (unpaired) electrons. The highest BCUT2D eigenvalue weighted by molar-refractivity contribution is 6.40. The van der Waals surface area contributed by atoms with Gasteiger partial charge in [0.05, 0.1) is 35.2 Å². The molecule has 10 nitrogen and oxygen atoms in total. The number of carbonyl (C=O) groups is 2. The number of aromatic amines is 1. The molecule has 2 N–H and O–H groups in total. The van der Waals surface area contributed by atoms with Crippen LogP contribution in [0.25, 0.3) is 21.8 Å². The van der Waals surface area contributed by atoms with Gasteiger partial charge in [-0.15, -0.1) is 0 Å². The number of nitrogens with one attached hydrogen (secondary N) is 2. The number of H-pyrrole nitrogens is 1. The van der Waals surface area contributed by atoms with Crippen molar-refractivity contribution in [3.05, 3.63) is 49.1 Å². The standard InChI is InChI=1S/C14H17N5O2.C12H15N3/c1-9-3-2-4-19(8-9)14(21)13(20)17-11-7-15-5-10-6-16-18-12(10)11;1-14-7-6-11(9-14)15-8-10-4-2-3-5-12(10)13-15/h5-7,9H,2-4,8H2,1H3,(H,16,18)(H,17,20);2-5,8,11H,6-7,9H2,1H3. The average molecular weight is 489 g/mol. The molecule has 2 aliphatic rings. The number of amides is 2. The van der Waals surface area contributed by atoms with E-state index in [1.165, 1.54) is 24.5 Å². The maximum absolute atomic E-state index is 12.2. The van der Waals surface area contributed by atoms with Crippen molar-refractivity contribution in [3.63, 3.8) is 0 Å². The molecular formula is C26H32N8O2. The zero-order valence-electron chi connectivity index (χ0n) is 20.7. The molecule has 3 aromatic heterocycles. The lowest BCUT2D eigenvalue weighted by molar-refractivity contribution is -0.144. The summed E-state index contributed by atoms with van der Waals surface area (Å²) < 4.78 is 2.13. The molecule has 188 valence electrons. The zero-order chi connectivity index (χ0) is 25.1. The molecule has 4 aromatic rings. The number of aromatic nitrogens is 5. The van der Waals surface area contributed by atoms with Gasteiger partial charge in [-0.2, -0.15) is 10.2 Å². The third-order valence-corrected chi connectivity index (χ3v) is 6.91. The highest BCUT2D eigenvalue weighted by atomic mass is 16.2. The Morgan fingerprint density at radius 3 is 2.69 bits per heavy atom. The minimum absolute atomic E-state index is 0.438. The van der Waals surface area contributed by atoms with Crippen LogP contribution in [-0.2, 0) is 9.59 Å². The van der Waals surface area contributed by atoms with Gasteiger partial charge < -0.3 is 15.1 Å². The SMILES string of the molecule is CC1CCCN(C(=O)C(=O)Nc2cncc3cn[nH]c23)C1.CN1CCC(n2cc3ccccc3n2)C1. The molecule has 2 fully saturated rings. The average Bonchev–Trinajstić information content (AvgIpc) is 3.63. The van der Waals surface area contributed by atoms with E-state index < -0.39 is 11.8 Å². The van der Waals surface area contributed by atoms with Gasteiger partial charge in [-0.25, -0.2) is 0 Å². The third-order valence-electron chi connectivity index (χ3n) is 6.91. The number of benzene rings is 1. The second kappa shape index (κ2) is 10.4. The summed E-state index contributed by atoms with van der Waals surface area (Å²) in [6, 6.07) is 8.86. The lowest BCUT2D eigenvalue weighted by atomic mass is 10.0. The number of fused-ring (bicyclic) bond motifs is 2. The van der Waals surface area contributed by atoms with E-state index in [2.05, 4.69) is 73.5 Å². The second-order valence-electron chi connectivity index (χ2n) is 9.85. The van der Waals surface area contributed by atoms with Crippen LogP contribution >= 0.6 is 0 Å². The van der Waals surface area contributed by atoms with E-state index in [4.69, 9.17) is 0 Å². The van der Waals surface area contributed by atoms with E-state index in [0.717, 1.165) is 30.3 Å². The zero-order valence-corrected chi connectivity index (χ0v) is 20.7. The number of carbonyl (C=O) groups excluding carboxylic acids is 2. The number of pyridine rings is 1. The first-order chi connectivity index (χ1) is 17.5. The van der Waals surface area contributed by atoms with Crippen molar-refractivity contribution in [1.82, 2.24) is 34.8 Å². The first-order valence-electron chi connectivity index (χ1n) is 12.5. The summed E-state index contributed by atoms with van der Waals surface area (Å²) in [6.45, 7) is 5.67. The molecule has 0 aliphatic carbocycles. The van der Waals surface area contributed by atoms with E-state index in [9.17, 15) is 9.59 Å². The number of nitrogens with zero attached hydrogens (tertiary/aromatic N) is 6. The first-order valence-corrected chi connectivity index (χ1v) is 12.5. The monoisotopic (exact) mass is 488 g/mol.